The van der Waals surface area contributed by atoms with Crippen molar-refractivity contribution in [1.82, 2.24) is 15.1 Å². The smallest absolute Gasteiger partial charge is 0.275 e. The Kier molecular flexibility index (Phi) is 5.24. The molecule has 1 unspecified atom stereocenters. The lowest BCUT2D eigenvalue weighted by Crippen LogP contribution is -2.42. The third kappa shape index (κ3) is 3.57. The van der Waals surface area contributed by atoms with Crippen LogP contribution in [-0.4, -0.2) is 21.7 Å². The summed E-state index contributed by atoms with van der Waals surface area (Å²) in [5.41, 5.74) is 1.40. The predicted molar refractivity (Wildman–Crippen MR) is 111 cm³/mol. The van der Waals surface area contributed by atoms with Gasteiger partial charge in [0.1, 0.15) is 6.04 Å². The molecule has 1 heterocycles. The van der Waals surface area contributed by atoms with Crippen molar-refractivity contribution in [1.29, 1.82) is 0 Å². The van der Waals surface area contributed by atoms with Gasteiger partial charge < -0.3 is 5.32 Å². The van der Waals surface area contributed by atoms with E-state index in [2.05, 4.69) is 10.4 Å². The monoisotopic (exact) mass is 375 g/mol. The van der Waals surface area contributed by atoms with E-state index in [0.29, 0.717) is 11.1 Å². The lowest BCUT2D eigenvalue weighted by atomic mass is 9.95. The van der Waals surface area contributed by atoms with E-state index in [1.807, 2.05) is 48.5 Å². The third-order valence-electron chi connectivity index (χ3n) is 5.57. The van der Waals surface area contributed by atoms with Gasteiger partial charge in [-0.25, -0.2) is 4.68 Å². The zero-order valence-electron chi connectivity index (χ0n) is 16.1. The second-order valence-electron chi connectivity index (χ2n) is 7.53. The number of hydrogen-bond acceptors (Lipinski definition) is 3. The van der Waals surface area contributed by atoms with Crippen LogP contribution in [0.3, 0.4) is 0 Å². The topological polar surface area (TPSA) is 64.0 Å². The van der Waals surface area contributed by atoms with Crippen molar-refractivity contribution in [2.75, 3.05) is 0 Å². The largest absolute Gasteiger partial charge is 0.352 e. The van der Waals surface area contributed by atoms with Crippen molar-refractivity contribution < 1.29 is 4.79 Å². The summed E-state index contributed by atoms with van der Waals surface area (Å²) in [7, 11) is 0. The second kappa shape index (κ2) is 7.97. The summed E-state index contributed by atoms with van der Waals surface area (Å²) in [6.07, 6.45) is 5.53. The number of benzene rings is 2. The molecule has 1 atom stereocenters. The van der Waals surface area contributed by atoms with Crippen LogP contribution < -0.4 is 10.9 Å². The predicted octanol–water partition coefficient (Wildman–Crippen LogP) is 4.07. The normalized spacial score (nSPS) is 16.0. The Morgan fingerprint density at radius 1 is 1.00 bits per heavy atom. The van der Waals surface area contributed by atoms with E-state index >= 15 is 0 Å². The molecule has 0 saturated heterocycles. The highest BCUT2D eigenvalue weighted by Crippen LogP contribution is 2.25. The first-order valence-electron chi connectivity index (χ1n) is 10.0. The van der Waals surface area contributed by atoms with E-state index in [9.17, 15) is 9.59 Å². The molecular formula is C23H25N3O2. The second-order valence-corrected chi connectivity index (χ2v) is 7.53. The van der Waals surface area contributed by atoms with Gasteiger partial charge in [0.2, 0.25) is 5.91 Å². The number of amides is 1. The van der Waals surface area contributed by atoms with Gasteiger partial charge in [-0.3, -0.25) is 9.59 Å². The van der Waals surface area contributed by atoms with E-state index in [0.717, 1.165) is 36.6 Å². The van der Waals surface area contributed by atoms with Gasteiger partial charge in [0, 0.05) is 17.0 Å². The number of rotatable bonds is 4. The summed E-state index contributed by atoms with van der Waals surface area (Å²) in [4.78, 5) is 25.9. The molecule has 3 aromatic rings. The Morgan fingerprint density at radius 2 is 1.64 bits per heavy atom. The van der Waals surface area contributed by atoms with Crippen molar-refractivity contribution in [3.05, 3.63) is 65.0 Å². The fourth-order valence-corrected chi connectivity index (χ4v) is 3.96. The highest BCUT2D eigenvalue weighted by Gasteiger charge is 2.24. The Bertz CT molecular complexity index is 1040. The molecule has 1 aliphatic carbocycles. The molecule has 28 heavy (non-hydrogen) atoms. The molecule has 4 rings (SSSR count). The molecule has 0 aliphatic heterocycles. The highest BCUT2D eigenvalue weighted by molar-refractivity contribution is 5.94. The summed E-state index contributed by atoms with van der Waals surface area (Å²) in [5, 5.41) is 9.12. The van der Waals surface area contributed by atoms with E-state index in [4.69, 9.17) is 0 Å². The van der Waals surface area contributed by atoms with Crippen molar-refractivity contribution in [3.63, 3.8) is 0 Å². The molecule has 2 aromatic carbocycles. The van der Waals surface area contributed by atoms with Gasteiger partial charge in [-0.05, 0) is 25.8 Å². The molecule has 0 spiro atoms. The molecule has 1 aromatic heterocycles. The minimum absolute atomic E-state index is 0.143. The molecule has 1 saturated carbocycles. The zero-order chi connectivity index (χ0) is 19.5. The lowest BCUT2D eigenvalue weighted by molar-refractivity contribution is -0.125. The third-order valence-corrected chi connectivity index (χ3v) is 5.57. The Labute approximate surface area is 164 Å². The van der Waals surface area contributed by atoms with Crippen LogP contribution in [0.15, 0.2) is 59.4 Å². The standard InChI is InChI=1S/C23H25N3O2/c1-16(22(27)24-18-12-6-3-7-13-18)26-23(28)20-15-9-8-14-19(20)21(25-26)17-10-4-2-5-11-17/h2,4-5,8-11,14-16,18H,3,6-7,12-13H2,1H3,(H,24,27). The fourth-order valence-electron chi connectivity index (χ4n) is 3.96. The molecule has 1 amide bonds. The van der Waals surface area contributed by atoms with Gasteiger partial charge in [0.15, 0.2) is 0 Å². The van der Waals surface area contributed by atoms with Crippen LogP contribution in [0.4, 0.5) is 0 Å². The average Bonchev–Trinajstić information content (AvgIpc) is 2.75. The van der Waals surface area contributed by atoms with Crippen LogP contribution in [0.5, 0.6) is 0 Å². The molecule has 0 radical (unpaired) electrons. The van der Waals surface area contributed by atoms with Gasteiger partial charge in [0.05, 0.1) is 11.1 Å². The molecule has 5 nitrogen and oxygen atoms in total. The van der Waals surface area contributed by atoms with Crippen molar-refractivity contribution in [3.8, 4) is 11.3 Å². The van der Waals surface area contributed by atoms with Crippen LogP contribution in [-0.2, 0) is 4.79 Å². The first kappa shape index (κ1) is 18.4. The van der Waals surface area contributed by atoms with Crippen LogP contribution in [0.1, 0.15) is 45.1 Å². The number of carbonyl (C=O) groups excluding carboxylic acids is 1. The van der Waals surface area contributed by atoms with Gasteiger partial charge in [-0.15, -0.1) is 0 Å². The van der Waals surface area contributed by atoms with Crippen LogP contribution in [0.2, 0.25) is 0 Å². The summed E-state index contributed by atoms with van der Waals surface area (Å²) in [6, 6.07) is 16.8. The number of nitrogens with zero attached hydrogens (tertiary/aromatic N) is 2. The van der Waals surface area contributed by atoms with Crippen LogP contribution >= 0.6 is 0 Å². The first-order chi connectivity index (χ1) is 13.6. The van der Waals surface area contributed by atoms with Crippen molar-refractivity contribution in [2.24, 2.45) is 0 Å². The Morgan fingerprint density at radius 3 is 2.36 bits per heavy atom. The molecule has 1 fully saturated rings. The summed E-state index contributed by atoms with van der Waals surface area (Å²) in [6.45, 7) is 1.75. The Balaban J connectivity index is 1.75. The van der Waals surface area contributed by atoms with Crippen molar-refractivity contribution >= 4 is 16.7 Å². The van der Waals surface area contributed by atoms with Crippen molar-refractivity contribution in [2.45, 2.75) is 51.1 Å². The number of hydrogen-bond donors (Lipinski definition) is 1. The maximum atomic E-state index is 13.1. The molecular weight excluding hydrogens is 350 g/mol. The van der Waals surface area contributed by atoms with Gasteiger partial charge in [0.25, 0.3) is 5.56 Å². The van der Waals surface area contributed by atoms with Gasteiger partial charge in [-0.2, -0.15) is 5.10 Å². The first-order valence-corrected chi connectivity index (χ1v) is 10.0. The number of carbonyl (C=O) groups is 1. The summed E-state index contributed by atoms with van der Waals surface area (Å²) < 4.78 is 1.34. The molecule has 1 aliphatic rings. The van der Waals surface area contributed by atoms with Crippen LogP contribution in [0.25, 0.3) is 22.0 Å². The van der Waals surface area contributed by atoms with E-state index < -0.39 is 6.04 Å². The summed E-state index contributed by atoms with van der Waals surface area (Å²) >= 11 is 0. The summed E-state index contributed by atoms with van der Waals surface area (Å²) in [5.74, 6) is -0.143. The zero-order valence-corrected chi connectivity index (χ0v) is 16.1. The molecule has 5 heteroatoms. The number of nitrogens with one attached hydrogen (secondary N) is 1. The average molecular weight is 375 g/mol. The molecule has 144 valence electrons. The maximum absolute atomic E-state index is 13.1. The quantitative estimate of drug-likeness (QED) is 0.747. The minimum Gasteiger partial charge on any atom is -0.352 e. The lowest BCUT2D eigenvalue weighted by Gasteiger charge is -2.25. The number of fused-ring (bicyclic) bond motifs is 1. The maximum Gasteiger partial charge on any atom is 0.275 e. The molecule has 0 bridgehead atoms. The van der Waals surface area contributed by atoms with Gasteiger partial charge >= 0.3 is 0 Å². The van der Waals surface area contributed by atoms with E-state index in [1.165, 1.54) is 11.1 Å². The minimum atomic E-state index is -0.665. The van der Waals surface area contributed by atoms with Gasteiger partial charge in [-0.1, -0.05) is 67.8 Å². The SMILES string of the molecule is CC(C(=O)NC1CCCCC1)n1nc(-c2ccccc2)c2ccccc2c1=O. The van der Waals surface area contributed by atoms with E-state index in [-0.39, 0.29) is 17.5 Å². The fraction of sp³-hybridized carbons (Fsp3) is 0.348. The number of aromatic nitrogens is 2. The molecule has 1 N–H and O–H groups in total. The van der Waals surface area contributed by atoms with E-state index in [1.54, 1.807) is 13.0 Å². The highest BCUT2D eigenvalue weighted by atomic mass is 16.2. The Hall–Kier alpha value is -2.95. The van der Waals surface area contributed by atoms with Crippen LogP contribution in [0, 0.1) is 0 Å².